The molecule has 102 valence electrons. The second kappa shape index (κ2) is 4.88. The summed E-state index contributed by atoms with van der Waals surface area (Å²) in [6.07, 6.45) is 1.13. The second-order valence-corrected chi connectivity index (χ2v) is 3.67. The Kier molecular flexibility index (Phi) is 3.25. The van der Waals surface area contributed by atoms with Crippen molar-refractivity contribution in [2.45, 2.75) is 0 Å². The molecule has 1 heterocycles. The standard InChI is InChI=1S/C11H6FN3O5/c12-7-2-1-6(5-8(7)15(19)20)14-4-3-9(16)10(13-14)11(17)18/h1-5H,(H,17,18). The molecule has 1 aromatic heterocycles. The largest absolute Gasteiger partial charge is 0.476 e. The fourth-order valence-electron chi connectivity index (χ4n) is 1.48. The summed E-state index contributed by atoms with van der Waals surface area (Å²) in [7, 11) is 0. The lowest BCUT2D eigenvalue weighted by molar-refractivity contribution is -0.387. The highest BCUT2D eigenvalue weighted by Crippen LogP contribution is 2.20. The number of aromatic nitrogens is 2. The van der Waals surface area contributed by atoms with E-state index in [1.165, 1.54) is 6.07 Å². The van der Waals surface area contributed by atoms with Gasteiger partial charge in [0, 0.05) is 18.3 Å². The van der Waals surface area contributed by atoms with E-state index in [-0.39, 0.29) is 5.69 Å². The van der Waals surface area contributed by atoms with Crippen molar-refractivity contribution in [2.24, 2.45) is 0 Å². The fraction of sp³-hybridized carbons (Fsp3) is 0. The third-order valence-corrected chi connectivity index (χ3v) is 2.40. The second-order valence-electron chi connectivity index (χ2n) is 3.67. The molecule has 1 N–H and O–H groups in total. The monoisotopic (exact) mass is 279 g/mol. The molecular weight excluding hydrogens is 273 g/mol. The van der Waals surface area contributed by atoms with Gasteiger partial charge in [-0.05, 0) is 12.1 Å². The molecule has 0 amide bonds. The van der Waals surface area contributed by atoms with E-state index in [0.29, 0.717) is 0 Å². The number of hydrogen-bond donors (Lipinski definition) is 1. The minimum Gasteiger partial charge on any atom is -0.476 e. The summed E-state index contributed by atoms with van der Waals surface area (Å²) in [5, 5.41) is 22.9. The van der Waals surface area contributed by atoms with Gasteiger partial charge in [0.15, 0.2) is 0 Å². The number of nitro groups is 1. The molecule has 0 spiro atoms. The number of benzene rings is 1. The van der Waals surface area contributed by atoms with Crippen LogP contribution in [0, 0.1) is 15.9 Å². The highest BCUT2D eigenvalue weighted by atomic mass is 19.1. The quantitative estimate of drug-likeness (QED) is 0.661. The molecule has 2 rings (SSSR count). The van der Waals surface area contributed by atoms with Crippen LogP contribution >= 0.6 is 0 Å². The third-order valence-electron chi connectivity index (χ3n) is 2.40. The molecule has 0 fully saturated rings. The van der Waals surface area contributed by atoms with Gasteiger partial charge in [0.1, 0.15) is 0 Å². The van der Waals surface area contributed by atoms with E-state index in [1.807, 2.05) is 0 Å². The zero-order valence-corrected chi connectivity index (χ0v) is 9.69. The van der Waals surface area contributed by atoms with E-state index in [2.05, 4.69) is 5.10 Å². The van der Waals surface area contributed by atoms with Crippen LogP contribution in [-0.2, 0) is 0 Å². The van der Waals surface area contributed by atoms with Crippen LogP contribution in [-0.4, -0.2) is 25.8 Å². The average Bonchev–Trinajstić information content (AvgIpc) is 2.39. The molecule has 0 atom stereocenters. The normalized spacial score (nSPS) is 10.2. The zero-order chi connectivity index (χ0) is 14.9. The highest BCUT2D eigenvalue weighted by Gasteiger charge is 2.16. The topological polar surface area (TPSA) is 115 Å². The molecule has 2 aromatic rings. The van der Waals surface area contributed by atoms with E-state index >= 15 is 0 Å². The molecule has 0 saturated carbocycles. The summed E-state index contributed by atoms with van der Waals surface area (Å²) in [5.74, 6) is -2.56. The Labute approximate surface area is 109 Å². The lowest BCUT2D eigenvalue weighted by atomic mass is 10.2. The van der Waals surface area contributed by atoms with Gasteiger partial charge < -0.3 is 5.11 Å². The van der Waals surface area contributed by atoms with Crippen molar-refractivity contribution < 1.29 is 19.2 Å². The predicted octanol–water partition coefficient (Wildman–Crippen LogP) is 0.978. The van der Waals surface area contributed by atoms with Crippen LogP contribution in [0.2, 0.25) is 0 Å². The summed E-state index contributed by atoms with van der Waals surface area (Å²) < 4.78 is 14.1. The minimum absolute atomic E-state index is 0.0561. The van der Waals surface area contributed by atoms with Gasteiger partial charge in [0.2, 0.25) is 16.9 Å². The Morgan fingerprint density at radius 2 is 2.10 bits per heavy atom. The number of nitro benzene ring substituents is 1. The molecule has 0 aliphatic heterocycles. The number of hydrogen-bond acceptors (Lipinski definition) is 5. The lowest BCUT2D eigenvalue weighted by Crippen LogP contribution is -2.20. The van der Waals surface area contributed by atoms with Gasteiger partial charge in [0.25, 0.3) is 0 Å². The molecule has 0 radical (unpaired) electrons. The summed E-state index contributed by atoms with van der Waals surface area (Å²) in [5.41, 5.74) is -2.26. The number of carboxylic acid groups (broad SMARTS) is 1. The van der Waals surface area contributed by atoms with Gasteiger partial charge in [-0.2, -0.15) is 9.49 Å². The van der Waals surface area contributed by atoms with Crippen LogP contribution < -0.4 is 5.43 Å². The van der Waals surface area contributed by atoms with Gasteiger partial charge in [0.05, 0.1) is 10.6 Å². The van der Waals surface area contributed by atoms with Crippen molar-refractivity contribution in [1.82, 2.24) is 9.78 Å². The number of rotatable bonds is 3. The minimum atomic E-state index is -1.53. The number of nitrogens with zero attached hydrogens (tertiary/aromatic N) is 3. The van der Waals surface area contributed by atoms with Crippen molar-refractivity contribution in [3.05, 3.63) is 62.3 Å². The Morgan fingerprint density at radius 1 is 1.40 bits per heavy atom. The molecular formula is C11H6FN3O5. The number of halogens is 1. The first-order valence-electron chi connectivity index (χ1n) is 5.18. The van der Waals surface area contributed by atoms with Crippen LogP contribution in [0.3, 0.4) is 0 Å². The molecule has 0 bridgehead atoms. The molecule has 1 aromatic carbocycles. The Hall–Kier alpha value is -3.10. The summed E-state index contributed by atoms with van der Waals surface area (Å²) in [4.78, 5) is 31.7. The molecule has 0 saturated heterocycles. The first-order chi connectivity index (χ1) is 9.40. The van der Waals surface area contributed by atoms with Gasteiger partial charge in [-0.1, -0.05) is 0 Å². The van der Waals surface area contributed by atoms with E-state index in [1.54, 1.807) is 0 Å². The van der Waals surface area contributed by atoms with E-state index < -0.39 is 33.5 Å². The van der Waals surface area contributed by atoms with Crippen molar-refractivity contribution in [3.63, 3.8) is 0 Å². The Balaban J connectivity index is 2.60. The zero-order valence-electron chi connectivity index (χ0n) is 9.69. The Morgan fingerprint density at radius 3 is 2.70 bits per heavy atom. The third kappa shape index (κ3) is 2.36. The summed E-state index contributed by atoms with van der Waals surface area (Å²) >= 11 is 0. The smallest absolute Gasteiger partial charge is 0.360 e. The van der Waals surface area contributed by atoms with Gasteiger partial charge in [-0.15, -0.1) is 0 Å². The molecule has 9 heteroatoms. The van der Waals surface area contributed by atoms with Crippen molar-refractivity contribution in [2.75, 3.05) is 0 Å². The van der Waals surface area contributed by atoms with Crippen LogP contribution in [0.5, 0.6) is 0 Å². The van der Waals surface area contributed by atoms with Crippen LogP contribution in [0.25, 0.3) is 5.69 Å². The first-order valence-corrected chi connectivity index (χ1v) is 5.18. The average molecular weight is 279 g/mol. The summed E-state index contributed by atoms with van der Waals surface area (Å²) in [6, 6.07) is 3.86. The lowest BCUT2D eigenvalue weighted by Gasteiger charge is -2.05. The van der Waals surface area contributed by atoms with Gasteiger partial charge in [-0.25, -0.2) is 9.48 Å². The van der Waals surface area contributed by atoms with Crippen molar-refractivity contribution in [3.8, 4) is 5.69 Å². The van der Waals surface area contributed by atoms with E-state index in [9.17, 15) is 24.1 Å². The summed E-state index contributed by atoms with van der Waals surface area (Å²) in [6.45, 7) is 0. The number of carboxylic acids is 1. The molecule has 20 heavy (non-hydrogen) atoms. The number of aromatic carboxylic acids is 1. The van der Waals surface area contributed by atoms with Crippen LogP contribution in [0.15, 0.2) is 35.3 Å². The number of carbonyl (C=O) groups is 1. The van der Waals surface area contributed by atoms with Gasteiger partial charge in [-0.3, -0.25) is 14.9 Å². The molecule has 8 nitrogen and oxygen atoms in total. The maximum absolute atomic E-state index is 13.2. The maximum atomic E-state index is 13.2. The van der Waals surface area contributed by atoms with Gasteiger partial charge >= 0.3 is 11.7 Å². The Bertz CT molecular complexity index is 771. The SMILES string of the molecule is O=C(O)c1nn(-c2ccc(F)c([N+](=O)[O-])c2)ccc1=O. The first kappa shape index (κ1) is 13.3. The van der Waals surface area contributed by atoms with Crippen molar-refractivity contribution >= 4 is 11.7 Å². The highest BCUT2D eigenvalue weighted by molar-refractivity contribution is 5.84. The fourth-order valence-corrected chi connectivity index (χ4v) is 1.48. The molecule has 0 aliphatic rings. The van der Waals surface area contributed by atoms with E-state index in [0.717, 1.165) is 29.1 Å². The maximum Gasteiger partial charge on any atom is 0.360 e. The molecule has 0 aliphatic carbocycles. The van der Waals surface area contributed by atoms with Crippen LogP contribution in [0.4, 0.5) is 10.1 Å². The predicted molar refractivity (Wildman–Crippen MR) is 63.4 cm³/mol. The molecule has 0 unspecified atom stereocenters. The van der Waals surface area contributed by atoms with Crippen LogP contribution in [0.1, 0.15) is 10.5 Å². The van der Waals surface area contributed by atoms with Crippen molar-refractivity contribution in [1.29, 1.82) is 0 Å². The van der Waals surface area contributed by atoms with E-state index in [4.69, 9.17) is 5.11 Å².